The molecular formula is C13H12BrClN2O. The van der Waals surface area contributed by atoms with Gasteiger partial charge in [-0.05, 0) is 53.0 Å². The highest BCUT2D eigenvalue weighted by atomic mass is 79.9. The lowest BCUT2D eigenvalue weighted by Crippen LogP contribution is -1.95. The minimum Gasteiger partial charge on any atom is -0.454 e. The highest BCUT2D eigenvalue weighted by Gasteiger charge is 2.09. The Bertz CT molecular complexity index is 558. The Kier molecular flexibility index (Phi) is 3.78. The third-order valence-electron chi connectivity index (χ3n) is 2.51. The van der Waals surface area contributed by atoms with Crippen LogP contribution in [-0.4, -0.2) is 4.98 Å². The zero-order chi connectivity index (χ0) is 13.3. The van der Waals surface area contributed by atoms with Gasteiger partial charge in [-0.3, -0.25) is 4.98 Å². The van der Waals surface area contributed by atoms with Crippen molar-refractivity contribution in [3.63, 3.8) is 0 Å². The molecule has 2 rings (SSSR count). The van der Waals surface area contributed by atoms with Crippen molar-refractivity contribution in [2.45, 2.75) is 13.8 Å². The standard InChI is InChI=1S/C13H12BrClN2O/c1-7-3-9(4-8(2)12(7)15)18-13-10(14)5-17-6-11(13)16/h3-6H,16H2,1-2H3. The number of nitrogen functional groups attached to an aromatic ring is 1. The fourth-order valence-electron chi connectivity index (χ4n) is 1.63. The van der Waals surface area contributed by atoms with Gasteiger partial charge in [0.05, 0.1) is 16.4 Å². The summed E-state index contributed by atoms with van der Waals surface area (Å²) < 4.78 is 6.50. The lowest BCUT2D eigenvalue weighted by molar-refractivity contribution is 0.480. The summed E-state index contributed by atoms with van der Waals surface area (Å²) in [6.07, 6.45) is 3.19. The molecule has 5 heteroatoms. The number of nitrogens with two attached hydrogens (primary N) is 1. The van der Waals surface area contributed by atoms with Crippen LogP contribution in [0.1, 0.15) is 11.1 Å². The molecule has 1 heterocycles. The van der Waals surface area contributed by atoms with Crippen molar-refractivity contribution in [3.8, 4) is 11.5 Å². The van der Waals surface area contributed by atoms with Crippen LogP contribution in [0.4, 0.5) is 5.69 Å². The van der Waals surface area contributed by atoms with Gasteiger partial charge in [0, 0.05) is 11.2 Å². The summed E-state index contributed by atoms with van der Waals surface area (Å²) in [6, 6.07) is 3.75. The fraction of sp³-hybridized carbons (Fsp3) is 0.154. The average molecular weight is 328 g/mol. The van der Waals surface area contributed by atoms with Crippen LogP contribution in [0.3, 0.4) is 0 Å². The molecule has 0 radical (unpaired) electrons. The first-order valence-electron chi connectivity index (χ1n) is 5.32. The number of benzene rings is 1. The minimum atomic E-state index is 0.481. The summed E-state index contributed by atoms with van der Waals surface area (Å²) >= 11 is 9.48. The first kappa shape index (κ1) is 13.2. The number of hydrogen-bond acceptors (Lipinski definition) is 3. The van der Waals surface area contributed by atoms with Crippen molar-refractivity contribution in [1.82, 2.24) is 4.98 Å². The van der Waals surface area contributed by atoms with Crippen molar-refractivity contribution in [2.75, 3.05) is 5.73 Å². The van der Waals surface area contributed by atoms with Crippen LogP contribution in [0.2, 0.25) is 5.02 Å². The van der Waals surface area contributed by atoms with Crippen LogP contribution in [0.25, 0.3) is 0 Å². The molecule has 0 aliphatic carbocycles. The zero-order valence-electron chi connectivity index (χ0n) is 10.00. The van der Waals surface area contributed by atoms with Crippen LogP contribution in [0.5, 0.6) is 11.5 Å². The molecule has 0 atom stereocenters. The third-order valence-corrected chi connectivity index (χ3v) is 3.67. The largest absolute Gasteiger partial charge is 0.454 e. The normalized spacial score (nSPS) is 10.4. The van der Waals surface area contributed by atoms with Crippen molar-refractivity contribution >= 4 is 33.2 Å². The summed E-state index contributed by atoms with van der Waals surface area (Å²) in [7, 11) is 0. The van der Waals surface area contributed by atoms with Gasteiger partial charge in [0.2, 0.25) is 0 Å². The quantitative estimate of drug-likeness (QED) is 0.884. The molecule has 0 aliphatic rings. The van der Waals surface area contributed by atoms with E-state index in [0.717, 1.165) is 16.1 Å². The lowest BCUT2D eigenvalue weighted by atomic mass is 10.1. The Morgan fingerprint density at radius 2 is 1.83 bits per heavy atom. The summed E-state index contributed by atoms with van der Waals surface area (Å²) in [5.41, 5.74) is 8.25. The van der Waals surface area contributed by atoms with E-state index in [9.17, 15) is 0 Å². The SMILES string of the molecule is Cc1cc(Oc2c(N)cncc2Br)cc(C)c1Cl. The van der Waals surface area contributed by atoms with Gasteiger partial charge in [0.25, 0.3) is 0 Å². The Balaban J connectivity index is 2.41. The van der Waals surface area contributed by atoms with Gasteiger partial charge in [0.15, 0.2) is 5.75 Å². The molecule has 2 N–H and O–H groups in total. The topological polar surface area (TPSA) is 48.1 Å². The maximum absolute atomic E-state index is 6.12. The van der Waals surface area contributed by atoms with Gasteiger partial charge < -0.3 is 10.5 Å². The molecule has 0 aliphatic heterocycles. The Labute approximate surface area is 119 Å². The van der Waals surface area contributed by atoms with E-state index in [2.05, 4.69) is 20.9 Å². The van der Waals surface area contributed by atoms with Crippen LogP contribution in [-0.2, 0) is 0 Å². The minimum absolute atomic E-state index is 0.481. The predicted molar refractivity (Wildman–Crippen MR) is 77.3 cm³/mol. The molecule has 0 saturated carbocycles. The van der Waals surface area contributed by atoms with Crippen molar-refractivity contribution in [3.05, 3.63) is 45.1 Å². The van der Waals surface area contributed by atoms with Crippen molar-refractivity contribution < 1.29 is 4.74 Å². The number of halogens is 2. The van der Waals surface area contributed by atoms with Crippen molar-refractivity contribution in [1.29, 1.82) is 0 Å². The molecule has 0 spiro atoms. The van der Waals surface area contributed by atoms with E-state index in [1.165, 1.54) is 0 Å². The van der Waals surface area contributed by atoms with Gasteiger partial charge in [0.1, 0.15) is 5.75 Å². The van der Waals surface area contributed by atoms with E-state index >= 15 is 0 Å². The van der Waals surface area contributed by atoms with Gasteiger partial charge >= 0.3 is 0 Å². The average Bonchev–Trinajstić information content (AvgIpc) is 2.31. The number of pyridine rings is 1. The smallest absolute Gasteiger partial charge is 0.167 e. The van der Waals surface area contributed by atoms with Crippen molar-refractivity contribution in [2.24, 2.45) is 0 Å². The second kappa shape index (κ2) is 5.16. The van der Waals surface area contributed by atoms with Gasteiger partial charge in [-0.25, -0.2) is 0 Å². The number of hydrogen-bond donors (Lipinski definition) is 1. The number of nitrogens with zero attached hydrogens (tertiary/aromatic N) is 1. The number of anilines is 1. The summed E-state index contributed by atoms with van der Waals surface area (Å²) in [5, 5.41) is 0.754. The molecule has 0 fully saturated rings. The monoisotopic (exact) mass is 326 g/mol. The molecule has 0 unspecified atom stereocenters. The molecule has 1 aromatic carbocycles. The van der Waals surface area contributed by atoms with E-state index in [1.807, 2.05) is 26.0 Å². The Morgan fingerprint density at radius 1 is 1.22 bits per heavy atom. The number of aryl methyl sites for hydroxylation is 2. The van der Waals surface area contributed by atoms with Crippen LogP contribution >= 0.6 is 27.5 Å². The first-order chi connectivity index (χ1) is 8.49. The van der Waals surface area contributed by atoms with E-state index in [-0.39, 0.29) is 0 Å². The summed E-state index contributed by atoms with van der Waals surface area (Å²) in [5.74, 6) is 1.26. The second-order valence-electron chi connectivity index (χ2n) is 4.01. The lowest BCUT2D eigenvalue weighted by Gasteiger charge is -2.12. The fourth-order valence-corrected chi connectivity index (χ4v) is 2.17. The molecule has 0 saturated heterocycles. The number of aromatic nitrogens is 1. The summed E-state index contributed by atoms with van der Waals surface area (Å²) in [6.45, 7) is 3.88. The van der Waals surface area contributed by atoms with E-state index in [0.29, 0.717) is 21.7 Å². The molecule has 1 aromatic heterocycles. The third kappa shape index (κ3) is 2.60. The predicted octanol–water partition coefficient (Wildman–Crippen LogP) is 4.49. The molecule has 3 nitrogen and oxygen atoms in total. The molecule has 0 amide bonds. The van der Waals surface area contributed by atoms with Gasteiger partial charge in [-0.2, -0.15) is 0 Å². The molecular weight excluding hydrogens is 316 g/mol. The highest BCUT2D eigenvalue weighted by Crippen LogP contribution is 2.35. The molecule has 2 aromatic rings. The number of rotatable bonds is 2. The van der Waals surface area contributed by atoms with E-state index in [4.69, 9.17) is 22.1 Å². The second-order valence-corrected chi connectivity index (χ2v) is 5.25. The molecule has 94 valence electrons. The molecule has 18 heavy (non-hydrogen) atoms. The van der Waals surface area contributed by atoms with Crippen LogP contribution < -0.4 is 10.5 Å². The molecule has 0 bridgehead atoms. The summed E-state index contributed by atoms with van der Waals surface area (Å²) in [4.78, 5) is 3.96. The zero-order valence-corrected chi connectivity index (χ0v) is 12.3. The maximum atomic E-state index is 6.12. The van der Waals surface area contributed by atoms with Gasteiger partial charge in [-0.15, -0.1) is 0 Å². The number of ether oxygens (including phenoxy) is 1. The van der Waals surface area contributed by atoms with Crippen LogP contribution in [0, 0.1) is 13.8 Å². The van der Waals surface area contributed by atoms with E-state index in [1.54, 1.807) is 12.4 Å². The van der Waals surface area contributed by atoms with Crippen LogP contribution in [0.15, 0.2) is 29.0 Å². The highest BCUT2D eigenvalue weighted by molar-refractivity contribution is 9.10. The van der Waals surface area contributed by atoms with E-state index < -0.39 is 0 Å². The maximum Gasteiger partial charge on any atom is 0.167 e. The first-order valence-corrected chi connectivity index (χ1v) is 6.49. The van der Waals surface area contributed by atoms with Gasteiger partial charge in [-0.1, -0.05) is 11.6 Å². The Morgan fingerprint density at radius 3 is 2.39 bits per heavy atom. The Hall–Kier alpha value is -1.26.